The average Bonchev–Trinajstić information content (AvgIpc) is 2.98. The molecule has 9 heteroatoms. The highest BCUT2D eigenvalue weighted by Crippen LogP contribution is 2.35. The Balaban J connectivity index is 1.32. The van der Waals surface area contributed by atoms with Crippen molar-refractivity contribution in [2.24, 2.45) is 11.8 Å². The molecule has 0 bridgehead atoms. The van der Waals surface area contributed by atoms with Crippen LogP contribution in [-0.4, -0.2) is 55.0 Å². The molecule has 2 fully saturated rings. The van der Waals surface area contributed by atoms with Crippen molar-refractivity contribution < 1.29 is 22.8 Å². The highest BCUT2D eigenvalue weighted by molar-refractivity contribution is 7.89. The van der Waals surface area contributed by atoms with Gasteiger partial charge in [-0.05, 0) is 49.9 Å². The molecule has 32 heavy (non-hydrogen) atoms. The number of anilines is 1. The van der Waals surface area contributed by atoms with Crippen LogP contribution >= 0.6 is 0 Å². The first-order chi connectivity index (χ1) is 15.4. The van der Waals surface area contributed by atoms with Gasteiger partial charge in [0.2, 0.25) is 27.7 Å². The second kappa shape index (κ2) is 9.54. The number of likely N-dealkylation sites (tertiary alicyclic amines) is 1. The molecule has 2 unspecified atom stereocenters. The monoisotopic (exact) mass is 459 g/mol. The molecule has 3 amide bonds. The minimum atomic E-state index is -3.54. The van der Waals surface area contributed by atoms with E-state index in [0.29, 0.717) is 31.6 Å². The van der Waals surface area contributed by atoms with Crippen LogP contribution < -0.4 is 5.32 Å². The van der Waals surface area contributed by atoms with Gasteiger partial charge in [-0.25, -0.2) is 8.42 Å². The molecule has 2 atom stereocenters. The smallest absolute Gasteiger partial charge is 0.243 e. The number of benzene rings is 1. The van der Waals surface area contributed by atoms with Crippen LogP contribution in [0.4, 0.5) is 5.69 Å². The van der Waals surface area contributed by atoms with Crippen LogP contribution in [-0.2, 0) is 24.4 Å². The van der Waals surface area contributed by atoms with E-state index in [1.165, 1.54) is 21.3 Å². The van der Waals surface area contributed by atoms with Crippen LogP contribution in [0.3, 0.4) is 0 Å². The number of hydrogen-bond acceptors (Lipinski definition) is 5. The molecule has 1 aromatic carbocycles. The van der Waals surface area contributed by atoms with Crippen LogP contribution in [0.25, 0.3) is 0 Å². The molecule has 172 valence electrons. The average molecular weight is 460 g/mol. The molecular weight excluding hydrogens is 430 g/mol. The first kappa shape index (κ1) is 22.7. The van der Waals surface area contributed by atoms with Crippen LogP contribution in [0.2, 0.25) is 0 Å². The lowest BCUT2D eigenvalue weighted by Gasteiger charge is -2.20. The minimum absolute atomic E-state index is 0.00181. The molecule has 4 rings (SSSR count). The van der Waals surface area contributed by atoms with E-state index in [-0.39, 0.29) is 47.4 Å². The first-order valence-electron chi connectivity index (χ1n) is 11.3. The summed E-state index contributed by atoms with van der Waals surface area (Å²) in [6, 6.07) is 6.13. The fraction of sp³-hybridized carbons (Fsp3) is 0.522. The number of carbonyl (C=O) groups is 3. The number of hydrogen-bond donors (Lipinski definition) is 1. The summed E-state index contributed by atoms with van der Waals surface area (Å²) >= 11 is 0. The van der Waals surface area contributed by atoms with Gasteiger partial charge in [0.05, 0.1) is 16.7 Å². The second-order valence-corrected chi connectivity index (χ2v) is 10.6. The van der Waals surface area contributed by atoms with Crippen LogP contribution in [0.5, 0.6) is 0 Å². The number of nitrogens with zero attached hydrogens (tertiary/aromatic N) is 2. The molecule has 2 heterocycles. The Labute approximate surface area is 188 Å². The van der Waals surface area contributed by atoms with Gasteiger partial charge in [0.1, 0.15) is 0 Å². The fourth-order valence-corrected chi connectivity index (χ4v) is 6.18. The SMILES string of the molecule is O=C(CCN1C(=O)C2CC=CCC2C1=O)Nc1ccc(S(=O)(=O)N2CCCCCC2)cc1. The summed E-state index contributed by atoms with van der Waals surface area (Å²) in [6.45, 7) is 1.12. The van der Waals surface area contributed by atoms with Gasteiger partial charge in [0.25, 0.3) is 0 Å². The largest absolute Gasteiger partial charge is 0.326 e. The van der Waals surface area contributed by atoms with Crippen molar-refractivity contribution in [1.82, 2.24) is 9.21 Å². The number of rotatable bonds is 6. The van der Waals surface area contributed by atoms with Crippen molar-refractivity contribution in [2.75, 3.05) is 25.0 Å². The molecule has 1 aromatic rings. The summed E-state index contributed by atoms with van der Waals surface area (Å²) in [5.74, 6) is -1.31. The molecule has 3 aliphatic rings. The summed E-state index contributed by atoms with van der Waals surface area (Å²) in [4.78, 5) is 38.7. The number of fused-ring (bicyclic) bond motifs is 1. The lowest BCUT2D eigenvalue weighted by molar-refractivity contribution is -0.140. The van der Waals surface area contributed by atoms with Crippen molar-refractivity contribution in [3.05, 3.63) is 36.4 Å². The van der Waals surface area contributed by atoms with Gasteiger partial charge in [0, 0.05) is 31.7 Å². The number of nitrogens with one attached hydrogen (secondary N) is 1. The highest BCUT2D eigenvalue weighted by atomic mass is 32.2. The van der Waals surface area contributed by atoms with Crippen LogP contribution in [0.1, 0.15) is 44.9 Å². The topological polar surface area (TPSA) is 104 Å². The molecule has 1 N–H and O–H groups in total. The van der Waals surface area contributed by atoms with Crippen molar-refractivity contribution in [3.8, 4) is 0 Å². The summed E-state index contributed by atoms with van der Waals surface area (Å²) in [6.07, 6.45) is 8.83. The lowest BCUT2D eigenvalue weighted by atomic mass is 9.85. The number of amides is 3. The number of sulfonamides is 1. The quantitative estimate of drug-likeness (QED) is 0.520. The zero-order valence-electron chi connectivity index (χ0n) is 18.0. The summed E-state index contributed by atoms with van der Waals surface area (Å²) in [7, 11) is -3.54. The fourth-order valence-electron chi connectivity index (χ4n) is 4.67. The third-order valence-electron chi connectivity index (χ3n) is 6.50. The Bertz CT molecular complexity index is 985. The summed E-state index contributed by atoms with van der Waals surface area (Å²) in [5, 5.41) is 2.72. The molecule has 2 aliphatic heterocycles. The van der Waals surface area contributed by atoms with Crippen molar-refractivity contribution in [3.63, 3.8) is 0 Å². The van der Waals surface area contributed by atoms with Crippen LogP contribution in [0.15, 0.2) is 41.3 Å². The van der Waals surface area contributed by atoms with Crippen molar-refractivity contribution in [2.45, 2.75) is 49.8 Å². The predicted molar refractivity (Wildman–Crippen MR) is 119 cm³/mol. The van der Waals surface area contributed by atoms with E-state index < -0.39 is 10.0 Å². The maximum absolute atomic E-state index is 12.9. The summed E-state index contributed by atoms with van der Waals surface area (Å²) in [5.41, 5.74) is 0.474. The molecule has 0 radical (unpaired) electrons. The number of carbonyl (C=O) groups excluding carboxylic acids is 3. The molecule has 2 saturated heterocycles. The minimum Gasteiger partial charge on any atom is -0.326 e. The molecule has 8 nitrogen and oxygen atoms in total. The van der Waals surface area contributed by atoms with E-state index >= 15 is 0 Å². The van der Waals surface area contributed by atoms with Gasteiger partial charge >= 0.3 is 0 Å². The van der Waals surface area contributed by atoms with Gasteiger partial charge in [-0.1, -0.05) is 25.0 Å². The molecule has 0 spiro atoms. The normalized spacial score (nSPS) is 24.3. The summed E-state index contributed by atoms with van der Waals surface area (Å²) < 4.78 is 27.2. The molecule has 0 aromatic heterocycles. The molecule has 0 saturated carbocycles. The van der Waals surface area contributed by atoms with E-state index in [0.717, 1.165) is 25.7 Å². The Morgan fingerprint density at radius 1 is 0.906 bits per heavy atom. The molecular formula is C23H29N3O5S. The third kappa shape index (κ3) is 4.63. The Morgan fingerprint density at radius 2 is 1.47 bits per heavy atom. The van der Waals surface area contributed by atoms with Crippen molar-refractivity contribution >= 4 is 33.4 Å². The molecule has 1 aliphatic carbocycles. The third-order valence-corrected chi connectivity index (χ3v) is 8.42. The maximum atomic E-state index is 12.9. The van der Waals surface area contributed by atoms with Gasteiger partial charge < -0.3 is 5.32 Å². The van der Waals surface area contributed by atoms with Gasteiger partial charge in [0.15, 0.2) is 0 Å². The van der Waals surface area contributed by atoms with Gasteiger partial charge in [-0.15, -0.1) is 0 Å². The zero-order chi connectivity index (χ0) is 22.7. The Hall–Kier alpha value is -2.52. The van der Waals surface area contributed by atoms with Gasteiger partial charge in [-0.3, -0.25) is 19.3 Å². The van der Waals surface area contributed by atoms with E-state index in [4.69, 9.17) is 0 Å². The van der Waals surface area contributed by atoms with Crippen molar-refractivity contribution in [1.29, 1.82) is 0 Å². The van der Waals surface area contributed by atoms with E-state index in [9.17, 15) is 22.8 Å². The lowest BCUT2D eigenvalue weighted by Crippen LogP contribution is -2.34. The number of imide groups is 1. The Kier molecular flexibility index (Phi) is 6.76. The first-order valence-corrected chi connectivity index (χ1v) is 12.7. The standard InChI is InChI=1S/C23H29N3O5S/c27-21(13-16-26-22(28)19-7-3-4-8-20(19)23(26)29)24-17-9-11-18(12-10-17)32(30,31)25-14-5-1-2-6-15-25/h3-4,9-12,19-20H,1-2,5-8,13-16H2,(H,24,27). The second-order valence-electron chi connectivity index (χ2n) is 8.62. The van der Waals surface area contributed by atoms with E-state index in [1.807, 2.05) is 12.2 Å². The van der Waals surface area contributed by atoms with E-state index in [2.05, 4.69) is 5.32 Å². The zero-order valence-corrected chi connectivity index (χ0v) is 18.9. The van der Waals surface area contributed by atoms with Gasteiger partial charge in [-0.2, -0.15) is 4.31 Å². The van der Waals surface area contributed by atoms with Crippen LogP contribution in [0, 0.1) is 11.8 Å². The predicted octanol–water partition coefficient (Wildman–Crippen LogP) is 2.53. The highest BCUT2D eigenvalue weighted by Gasteiger charge is 2.46. The number of allylic oxidation sites excluding steroid dienone is 2. The maximum Gasteiger partial charge on any atom is 0.243 e. The Morgan fingerprint density at radius 3 is 2.03 bits per heavy atom. The van der Waals surface area contributed by atoms with E-state index in [1.54, 1.807) is 12.1 Å².